The smallest absolute Gasteiger partial charge is 0.287 e. The van der Waals surface area contributed by atoms with E-state index < -0.39 is 0 Å². The van der Waals surface area contributed by atoms with Gasteiger partial charge in [0.25, 0.3) is 5.91 Å². The lowest BCUT2D eigenvalue weighted by atomic mass is 10.1. The van der Waals surface area contributed by atoms with Gasteiger partial charge < -0.3 is 20.4 Å². The van der Waals surface area contributed by atoms with Crippen molar-refractivity contribution in [3.8, 4) is 0 Å². The second-order valence-electron chi connectivity index (χ2n) is 5.96. The zero-order chi connectivity index (χ0) is 18.9. The van der Waals surface area contributed by atoms with Gasteiger partial charge in [-0.15, -0.1) is 24.0 Å². The predicted molar refractivity (Wildman–Crippen MR) is 120 cm³/mol. The number of carbonyl (C=O) groups excluding carboxylic acids is 1. The maximum Gasteiger partial charge on any atom is 0.287 e. The van der Waals surface area contributed by atoms with Crippen molar-refractivity contribution in [3.63, 3.8) is 0 Å². The summed E-state index contributed by atoms with van der Waals surface area (Å²) >= 11 is 5.92. The van der Waals surface area contributed by atoms with Crippen LogP contribution < -0.4 is 16.0 Å². The summed E-state index contributed by atoms with van der Waals surface area (Å²) in [4.78, 5) is 16.2. The molecule has 0 saturated heterocycles. The van der Waals surface area contributed by atoms with Crippen molar-refractivity contribution >= 4 is 47.4 Å². The van der Waals surface area contributed by atoms with Crippen LogP contribution in [0, 0.1) is 6.92 Å². The fourth-order valence-electron chi connectivity index (χ4n) is 2.42. The summed E-state index contributed by atoms with van der Waals surface area (Å²) in [5, 5.41) is 10.1. The number of benzene rings is 1. The van der Waals surface area contributed by atoms with Crippen LogP contribution in [0.5, 0.6) is 0 Å². The van der Waals surface area contributed by atoms with Gasteiger partial charge in [0.15, 0.2) is 11.7 Å². The van der Waals surface area contributed by atoms with Gasteiger partial charge in [0.2, 0.25) is 0 Å². The van der Waals surface area contributed by atoms with E-state index in [2.05, 4.69) is 27.9 Å². The number of hydrogen-bond acceptors (Lipinski definition) is 3. The largest absolute Gasteiger partial charge is 0.459 e. The van der Waals surface area contributed by atoms with Crippen LogP contribution in [-0.4, -0.2) is 32.0 Å². The molecule has 8 heteroatoms. The third kappa shape index (κ3) is 7.42. The molecule has 0 bridgehead atoms. The Kier molecular flexibility index (Phi) is 10.2. The molecule has 0 aliphatic carbocycles. The maximum absolute atomic E-state index is 11.9. The van der Waals surface area contributed by atoms with Crippen molar-refractivity contribution in [1.82, 2.24) is 16.0 Å². The van der Waals surface area contributed by atoms with Crippen LogP contribution in [0.15, 0.2) is 46.0 Å². The highest BCUT2D eigenvalue weighted by molar-refractivity contribution is 14.0. The molecule has 2 rings (SSSR count). The number of aliphatic imine (C=N–C) groups is 1. The summed E-state index contributed by atoms with van der Waals surface area (Å²) in [5.74, 6) is 0.888. The molecule has 0 aliphatic heterocycles. The molecule has 27 heavy (non-hydrogen) atoms. The van der Waals surface area contributed by atoms with Crippen molar-refractivity contribution < 1.29 is 9.21 Å². The summed E-state index contributed by atoms with van der Waals surface area (Å²) in [6, 6.07) is 9.58. The number of furan rings is 1. The number of halogens is 2. The van der Waals surface area contributed by atoms with Crippen molar-refractivity contribution in [2.24, 2.45) is 4.99 Å². The fourth-order valence-corrected chi connectivity index (χ4v) is 2.54. The highest BCUT2D eigenvalue weighted by Gasteiger charge is 2.11. The van der Waals surface area contributed by atoms with E-state index in [-0.39, 0.29) is 35.9 Å². The molecule has 0 fully saturated rings. The van der Waals surface area contributed by atoms with Gasteiger partial charge in [-0.2, -0.15) is 0 Å². The molecule has 1 amide bonds. The predicted octanol–water partition coefficient (Wildman–Crippen LogP) is 3.91. The number of rotatable bonds is 7. The van der Waals surface area contributed by atoms with Gasteiger partial charge in [0.05, 0.1) is 12.3 Å². The summed E-state index contributed by atoms with van der Waals surface area (Å²) in [6.07, 6.45) is 2.28. The number of nitrogens with one attached hydrogen (secondary N) is 3. The molecular weight excluding hydrogens is 479 g/mol. The Hall–Kier alpha value is -1.74. The first-order valence-electron chi connectivity index (χ1n) is 8.56. The molecule has 0 aliphatic rings. The Morgan fingerprint density at radius 2 is 1.85 bits per heavy atom. The van der Waals surface area contributed by atoms with Crippen LogP contribution in [0.4, 0.5) is 0 Å². The minimum Gasteiger partial charge on any atom is -0.459 e. The van der Waals surface area contributed by atoms with E-state index in [0.717, 1.165) is 22.6 Å². The average molecular weight is 505 g/mol. The molecule has 0 radical (unpaired) electrons. The van der Waals surface area contributed by atoms with Gasteiger partial charge in [-0.3, -0.25) is 9.79 Å². The lowest BCUT2D eigenvalue weighted by molar-refractivity contribution is 0.0925. The molecule has 1 aromatic heterocycles. The standard InChI is InChI=1S/C19H25ClN4O2.HI/c1-13-9-12-26-17(13)18(25)22-10-4-11-23-19(21-3)24-14(2)15-5-7-16(20)8-6-15;/h5-9,12,14H,4,10-11H2,1-3H3,(H,22,25)(H2,21,23,24);1H. The quantitative estimate of drug-likeness (QED) is 0.231. The van der Waals surface area contributed by atoms with E-state index in [1.165, 1.54) is 6.26 Å². The summed E-state index contributed by atoms with van der Waals surface area (Å²) in [5.41, 5.74) is 1.96. The molecule has 0 spiro atoms. The van der Waals surface area contributed by atoms with E-state index >= 15 is 0 Å². The fraction of sp³-hybridized carbons (Fsp3) is 0.368. The summed E-state index contributed by atoms with van der Waals surface area (Å²) in [6.45, 7) is 5.14. The number of nitrogens with zero attached hydrogens (tertiary/aromatic N) is 1. The van der Waals surface area contributed by atoms with Crippen LogP contribution in [0.2, 0.25) is 5.02 Å². The lowest BCUT2D eigenvalue weighted by Crippen LogP contribution is -2.40. The molecule has 0 saturated carbocycles. The molecule has 2 aromatic rings. The zero-order valence-corrected chi connectivity index (χ0v) is 18.8. The summed E-state index contributed by atoms with van der Waals surface area (Å²) < 4.78 is 5.17. The van der Waals surface area contributed by atoms with Crippen molar-refractivity contribution in [2.45, 2.75) is 26.3 Å². The topological polar surface area (TPSA) is 78.7 Å². The normalized spacial score (nSPS) is 12.1. The zero-order valence-electron chi connectivity index (χ0n) is 15.7. The number of guanidine groups is 1. The molecule has 1 aromatic carbocycles. The molecule has 1 heterocycles. The summed E-state index contributed by atoms with van der Waals surface area (Å²) in [7, 11) is 1.73. The molecular formula is C19H26ClIN4O2. The Morgan fingerprint density at radius 1 is 1.19 bits per heavy atom. The molecule has 148 valence electrons. The third-order valence-corrected chi connectivity index (χ3v) is 4.20. The van der Waals surface area contributed by atoms with Gasteiger partial charge in [-0.25, -0.2) is 0 Å². The van der Waals surface area contributed by atoms with E-state index in [1.54, 1.807) is 13.1 Å². The minimum absolute atomic E-state index is 0. The molecule has 1 atom stereocenters. The average Bonchev–Trinajstić information content (AvgIpc) is 3.06. The first kappa shape index (κ1) is 23.3. The van der Waals surface area contributed by atoms with Gasteiger partial charge in [-0.05, 0) is 44.0 Å². The van der Waals surface area contributed by atoms with Gasteiger partial charge in [0, 0.05) is 30.7 Å². The number of amides is 1. The highest BCUT2D eigenvalue weighted by atomic mass is 127. The number of carbonyl (C=O) groups is 1. The number of aryl methyl sites for hydroxylation is 1. The Balaban J connectivity index is 0.00000364. The first-order valence-corrected chi connectivity index (χ1v) is 8.94. The minimum atomic E-state index is -0.189. The Labute approximate surface area is 182 Å². The SMILES string of the molecule is CN=C(NCCCNC(=O)c1occc1C)NC(C)c1ccc(Cl)cc1.I. The molecule has 6 nitrogen and oxygen atoms in total. The monoisotopic (exact) mass is 504 g/mol. The van der Waals surface area contributed by atoms with Crippen molar-refractivity contribution in [3.05, 3.63) is 58.5 Å². The Morgan fingerprint density at radius 3 is 2.44 bits per heavy atom. The lowest BCUT2D eigenvalue weighted by Gasteiger charge is -2.18. The Bertz CT molecular complexity index is 746. The second kappa shape index (κ2) is 11.9. The van der Waals surface area contributed by atoms with E-state index in [1.807, 2.05) is 31.2 Å². The van der Waals surface area contributed by atoms with Gasteiger partial charge in [-0.1, -0.05) is 23.7 Å². The molecule has 1 unspecified atom stereocenters. The van der Waals surface area contributed by atoms with E-state index in [0.29, 0.717) is 24.8 Å². The van der Waals surface area contributed by atoms with Crippen molar-refractivity contribution in [2.75, 3.05) is 20.1 Å². The molecule has 3 N–H and O–H groups in total. The van der Waals surface area contributed by atoms with E-state index in [9.17, 15) is 4.79 Å². The highest BCUT2D eigenvalue weighted by Crippen LogP contribution is 2.15. The van der Waals surface area contributed by atoms with Crippen LogP contribution in [-0.2, 0) is 0 Å². The van der Waals surface area contributed by atoms with Gasteiger partial charge >= 0.3 is 0 Å². The third-order valence-electron chi connectivity index (χ3n) is 3.95. The number of hydrogen-bond donors (Lipinski definition) is 3. The van der Waals surface area contributed by atoms with Gasteiger partial charge in [0.1, 0.15) is 0 Å². The van der Waals surface area contributed by atoms with Crippen LogP contribution >= 0.6 is 35.6 Å². The van der Waals surface area contributed by atoms with Crippen LogP contribution in [0.25, 0.3) is 0 Å². The van der Waals surface area contributed by atoms with Crippen molar-refractivity contribution in [1.29, 1.82) is 0 Å². The van der Waals surface area contributed by atoms with E-state index in [4.69, 9.17) is 16.0 Å². The van der Waals surface area contributed by atoms with Crippen LogP contribution in [0.1, 0.15) is 41.1 Å². The van der Waals surface area contributed by atoms with Crippen LogP contribution in [0.3, 0.4) is 0 Å². The first-order chi connectivity index (χ1) is 12.5. The maximum atomic E-state index is 11.9. The second-order valence-corrected chi connectivity index (χ2v) is 6.40.